The Morgan fingerprint density at radius 3 is 2.76 bits per heavy atom. The van der Waals surface area contributed by atoms with Gasteiger partial charge in [-0.15, -0.1) is 12.4 Å². The summed E-state index contributed by atoms with van der Waals surface area (Å²) in [4.78, 5) is 11.4. The lowest BCUT2D eigenvalue weighted by atomic mass is 10.2. The summed E-state index contributed by atoms with van der Waals surface area (Å²) in [7, 11) is 0. The highest BCUT2D eigenvalue weighted by Gasteiger charge is 2.09. The maximum absolute atomic E-state index is 13.4. The van der Waals surface area contributed by atoms with E-state index in [1.807, 2.05) is 0 Å². The third kappa shape index (κ3) is 4.58. The SMILES string of the molecule is CCNC(=O)c1ccc(OCCN)c(F)c1.Cl. The zero-order chi connectivity index (χ0) is 12.0. The summed E-state index contributed by atoms with van der Waals surface area (Å²) in [6.07, 6.45) is 0. The highest BCUT2D eigenvalue weighted by molar-refractivity contribution is 5.94. The molecule has 0 aromatic heterocycles. The van der Waals surface area contributed by atoms with Crippen LogP contribution in [0, 0.1) is 5.82 Å². The second-order valence-corrected chi connectivity index (χ2v) is 3.14. The van der Waals surface area contributed by atoms with E-state index in [0.717, 1.165) is 6.07 Å². The van der Waals surface area contributed by atoms with Gasteiger partial charge in [-0.05, 0) is 25.1 Å². The Morgan fingerprint density at radius 2 is 2.24 bits per heavy atom. The van der Waals surface area contributed by atoms with Gasteiger partial charge in [-0.25, -0.2) is 4.39 Å². The molecule has 1 amide bonds. The van der Waals surface area contributed by atoms with E-state index < -0.39 is 5.82 Å². The van der Waals surface area contributed by atoms with Gasteiger partial charge in [-0.3, -0.25) is 4.79 Å². The minimum absolute atomic E-state index is 0. The van der Waals surface area contributed by atoms with Crippen molar-refractivity contribution in [2.24, 2.45) is 5.73 Å². The standard InChI is InChI=1S/C11H15FN2O2.ClH/c1-2-14-11(15)8-3-4-10(9(12)7-8)16-6-5-13;/h3-4,7H,2,5-6,13H2,1H3,(H,14,15);1H. The van der Waals surface area contributed by atoms with Crippen LogP contribution in [0.2, 0.25) is 0 Å². The van der Waals surface area contributed by atoms with Crippen molar-refractivity contribution >= 4 is 18.3 Å². The van der Waals surface area contributed by atoms with Gasteiger partial charge in [0.25, 0.3) is 5.91 Å². The molecular formula is C11H16ClFN2O2. The number of nitrogens with one attached hydrogen (secondary N) is 1. The van der Waals surface area contributed by atoms with Crippen LogP contribution in [0.5, 0.6) is 5.75 Å². The van der Waals surface area contributed by atoms with Crippen LogP contribution < -0.4 is 15.8 Å². The molecule has 0 spiro atoms. The van der Waals surface area contributed by atoms with Crippen molar-refractivity contribution in [2.75, 3.05) is 19.7 Å². The Morgan fingerprint density at radius 1 is 1.53 bits per heavy atom. The van der Waals surface area contributed by atoms with Crippen LogP contribution in [-0.4, -0.2) is 25.6 Å². The second-order valence-electron chi connectivity index (χ2n) is 3.14. The molecule has 0 heterocycles. The third-order valence-electron chi connectivity index (χ3n) is 1.91. The average molecular weight is 263 g/mol. The zero-order valence-electron chi connectivity index (χ0n) is 9.53. The lowest BCUT2D eigenvalue weighted by Crippen LogP contribution is -2.22. The normalized spacial score (nSPS) is 9.35. The van der Waals surface area contributed by atoms with Gasteiger partial charge in [0.05, 0.1) is 0 Å². The number of carbonyl (C=O) groups excluding carboxylic acids is 1. The second kappa shape index (κ2) is 7.86. The fourth-order valence-electron chi connectivity index (χ4n) is 1.19. The molecule has 0 aliphatic carbocycles. The Balaban J connectivity index is 0.00000256. The minimum atomic E-state index is -0.558. The van der Waals surface area contributed by atoms with E-state index in [0.29, 0.717) is 13.1 Å². The number of benzene rings is 1. The first-order chi connectivity index (χ1) is 7.69. The lowest BCUT2D eigenvalue weighted by Gasteiger charge is -2.07. The molecule has 3 N–H and O–H groups in total. The topological polar surface area (TPSA) is 64.3 Å². The molecule has 0 atom stereocenters. The van der Waals surface area contributed by atoms with E-state index in [2.05, 4.69) is 5.32 Å². The summed E-state index contributed by atoms with van der Waals surface area (Å²) in [5.41, 5.74) is 5.51. The maximum Gasteiger partial charge on any atom is 0.251 e. The van der Waals surface area contributed by atoms with E-state index in [-0.39, 0.29) is 36.2 Å². The Kier molecular flexibility index (Phi) is 7.25. The van der Waals surface area contributed by atoms with Crippen molar-refractivity contribution < 1.29 is 13.9 Å². The smallest absolute Gasteiger partial charge is 0.251 e. The molecule has 96 valence electrons. The summed E-state index contributed by atoms with van der Waals surface area (Å²) in [6, 6.07) is 4.09. The number of carbonyl (C=O) groups is 1. The molecule has 1 aromatic rings. The fourth-order valence-corrected chi connectivity index (χ4v) is 1.19. The van der Waals surface area contributed by atoms with E-state index in [4.69, 9.17) is 10.5 Å². The minimum Gasteiger partial charge on any atom is -0.489 e. The van der Waals surface area contributed by atoms with Crippen LogP contribution >= 0.6 is 12.4 Å². The van der Waals surface area contributed by atoms with E-state index in [9.17, 15) is 9.18 Å². The van der Waals surface area contributed by atoms with Crippen molar-refractivity contribution in [3.05, 3.63) is 29.6 Å². The number of amides is 1. The molecule has 4 nitrogen and oxygen atoms in total. The molecule has 6 heteroatoms. The van der Waals surface area contributed by atoms with Crippen molar-refractivity contribution in [3.8, 4) is 5.75 Å². The van der Waals surface area contributed by atoms with E-state index in [1.165, 1.54) is 12.1 Å². The fraction of sp³-hybridized carbons (Fsp3) is 0.364. The summed E-state index contributed by atoms with van der Waals surface area (Å²) >= 11 is 0. The van der Waals surface area contributed by atoms with Crippen molar-refractivity contribution in [1.29, 1.82) is 0 Å². The van der Waals surface area contributed by atoms with Gasteiger partial charge in [-0.2, -0.15) is 0 Å². The van der Waals surface area contributed by atoms with Crippen molar-refractivity contribution in [1.82, 2.24) is 5.32 Å². The number of halogens is 2. The van der Waals surface area contributed by atoms with Crippen LogP contribution in [0.4, 0.5) is 4.39 Å². The quantitative estimate of drug-likeness (QED) is 0.842. The van der Waals surface area contributed by atoms with E-state index in [1.54, 1.807) is 6.92 Å². The first kappa shape index (κ1) is 15.7. The summed E-state index contributed by atoms with van der Waals surface area (Å²) in [5, 5.41) is 2.59. The molecule has 0 aliphatic rings. The Bertz CT molecular complexity index is 374. The molecule has 0 unspecified atom stereocenters. The molecular weight excluding hydrogens is 247 g/mol. The monoisotopic (exact) mass is 262 g/mol. The molecule has 0 saturated heterocycles. The number of nitrogens with two attached hydrogens (primary N) is 1. The maximum atomic E-state index is 13.4. The molecule has 0 aliphatic heterocycles. The molecule has 17 heavy (non-hydrogen) atoms. The summed E-state index contributed by atoms with van der Waals surface area (Å²) in [6.45, 7) is 2.87. The number of hydrogen-bond donors (Lipinski definition) is 2. The summed E-state index contributed by atoms with van der Waals surface area (Å²) < 4.78 is 18.5. The van der Waals surface area contributed by atoms with E-state index >= 15 is 0 Å². The van der Waals surface area contributed by atoms with Gasteiger partial charge in [0.15, 0.2) is 11.6 Å². The predicted molar refractivity (Wildman–Crippen MR) is 66.2 cm³/mol. The molecule has 0 saturated carbocycles. The van der Waals surface area contributed by atoms with Crippen LogP contribution in [0.3, 0.4) is 0 Å². The van der Waals surface area contributed by atoms with Gasteiger partial charge in [0.1, 0.15) is 6.61 Å². The molecule has 1 rings (SSSR count). The number of hydrogen-bond acceptors (Lipinski definition) is 3. The first-order valence-electron chi connectivity index (χ1n) is 5.09. The molecule has 1 aromatic carbocycles. The first-order valence-corrected chi connectivity index (χ1v) is 5.09. The van der Waals surface area contributed by atoms with Crippen LogP contribution in [0.1, 0.15) is 17.3 Å². The molecule has 0 bridgehead atoms. The van der Waals surface area contributed by atoms with Crippen molar-refractivity contribution in [2.45, 2.75) is 6.92 Å². The molecule has 0 fully saturated rings. The van der Waals surface area contributed by atoms with Gasteiger partial charge < -0.3 is 15.8 Å². The van der Waals surface area contributed by atoms with Crippen LogP contribution in [-0.2, 0) is 0 Å². The van der Waals surface area contributed by atoms with Gasteiger partial charge >= 0.3 is 0 Å². The van der Waals surface area contributed by atoms with Crippen LogP contribution in [0.25, 0.3) is 0 Å². The van der Waals surface area contributed by atoms with Gasteiger partial charge in [0.2, 0.25) is 0 Å². The van der Waals surface area contributed by atoms with Gasteiger partial charge in [-0.1, -0.05) is 0 Å². The average Bonchev–Trinajstić information content (AvgIpc) is 2.27. The third-order valence-corrected chi connectivity index (χ3v) is 1.91. The molecule has 0 radical (unpaired) electrons. The Hall–Kier alpha value is -1.33. The van der Waals surface area contributed by atoms with Crippen LogP contribution in [0.15, 0.2) is 18.2 Å². The predicted octanol–water partition coefficient (Wildman–Crippen LogP) is 1.33. The summed E-state index contributed by atoms with van der Waals surface area (Å²) in [5.74, 6) is -0.748. The highest BCUT2D eigenvalue weighted by atomic mass is 35.5. The Labute approximate surface area is 106 Å². The number of ether oxygens (including phenoxy) is 1. The highest BCUT2D eigenvalue weighted by Crippen LogP contribution is 2.18. The van der Waals surface area contributed by atoms with Crippen molar-refractivity contribution in [3.63, 3.8) is 0 Å². The largest absolute Gasteiger partial charge is 0.489 e. The van der Waals surface area contributed by atoms with Gasteiger partial charge in [0, 0.05) is 18.7 Å². The zero-order valence-corrected chi connectivity index (χ0v) is 10.3. The number of rotatable bonds is 5. The lowest BCUT2D eigenvalue weighted by molar-refractivity contribution is 0.0955.